The van der Waals surface area contributed by atoms with E-state index in [2.05, 4.69) is 12.2 Å². The van der Waals surface area contributed by atoms with Gasteiger partial charge in [-0.05, 0) is 45.1 Å². The van der Waals surface area contributed by atoms with Gasteiger partial charge in [0.1, 0.15) is 0 Å². The van der Waals surface area contributed by atoms with E-state index in [9.17, 15) is 4.79 Å². The number of urea groups is 1. The Labute approximate surface area is 117 Å². The number of nitrogens with two attached hydrogens (primary N) is 1. The van der Waals surface area contributed by atoms with Crippen LogP contribution in [-0.4, -0.2) is 36.1 Å². The maximum absolute atomic E-state index is 12.5. The summed E-state index contributed by atoms with van der Waals surface area (Å²) in [5, 5.41) is 3.22. The minimum atomic E-state index is 0.139. The molecule has 0 bridgehead atoms. The molecule has 110 valence electrons. The Kier molecular flexibility index (Phi) is 5.49. The molecule has 2 unspecified atom stereocenters. The molecule has 2 saturated carbocycles. The molecule has 0 spiro atoms. The number of hydrogen-bond acceptors (Lipinski definition) is 2. The van der Waals surface area contributed by atoms with Crippen LogP contribution in [0.15, 0.2) is 0 Å². The molecule has 2 fully saturated rings. The molecule has 0 saturated heterocycles. The first-order valence-electron chi connectivity index (χ1n) is 8.03. The number of amides is 2. The predicted octanol–water partition coefficient (Wildman–Crippen LogP) is 2.48. The first kappa shape index (κ1) is 14.6. The van der Waals surface area contributed by atoms with Gasteiger partial charge in [0.25, 0.3) is 0 Å². The van der Waals surface area contributed by atoms with Crippen molar-refractivity contribution in [2.24, 2.45) is 11.7 Å². The Morgan fingerprint density at radius 1 is 1.16 bits per heavy atom. The highest BCUT2D eigenvalue weighted by atomic mass is 16.2. The smallest absolute Gasteiger partial charge is 0.317 e. The molecule has 4 heteroatoms. The zero-order chi connectivity index (χ0) is 13.7. The number of carbonyl (C=O) groups is 1. The molecule has 0 aromatic rings. The quantitative estimate of drug-likeness (QED) is 0.822. The van der Waals surface area contributed by atoms with Crippen LogP contribution in [0.25, 0.3) is 0 Å². The molecule has 2 amide bonds. The van der Waals surface area contributed by atoms with E-state index in [0.29, 0.717) is 24.5 Å². The molecule has 0 radical (unpaired) electrons. The van der Waals surface area contributed by atoms with Crippen LogP contribution >= 0.6 is 0 Å². The van der Waals surface area contributed by atoms with Crippen molar-refractivity contribution in [1.82, 2.24) is 10.2 Å². The first-order valence-corrected chi connectivity index (χ1v) is 8.03. The summed E-state index contributed by atoms with van der Waals surface area (Å²) in [4.78, 5) is 14.5. The highest BCUT2D eigenvalue weighted by molar-refractivity contribution is 5.75. The van der Waals surface area contributed by atoms with E-state index in [0.717, 1.165) is 25.8 Å². The highest BCUT2D eigenvalue weighted by Crippen LogP contribution is 2.28. The van der Waals surface area contributed by atoms with Crippen LogP contribution in [0.2, 0.25) is 0 Å². The Morgan fingerprint density at radius 2 is 1.79 bits per heavy atom. The third-order valence-corrected chi connectivity index (χ3v) is 4.86. The van der Waals surface area contributed by atoms with Crippen LogP contribution in [0, 0.1) is 5.92 Å². The summed E-state index contributed by atoms with van der Waals surface area (Å²) in [7, 11) is 0. The van der Waals surface area contributed by atoms with E-state index < -0.39 is 0 Å². The predicted molar refractivity (Wildman–Crippen MR) is 78.0 cm³/mol. The molecule has 2 atom stereocenters. The second-order valence-corrected chi connectivity index (χ2v) is 6.06. The third kappa shape index (κ3) is 3.62. The Bertz CT molecular complexity index is 289. The van der Waals surface area contributed by atoms with Crippen LogP contribution in [0.1, 0.15) is 58.3 Å². The van der Waals surface area contributed by atoms with Gasteiger partial charge in [0, 0.05) is 18.6 Å². The van der Waals surface area contributed by atoms with Crippen LogP contribution in [0.4, 0.5) is 4.79 Å². The Hall–Kier alpha value is -0.770. The number of carbonyl (C=O) groups excluding carboxylic acids is 1. The molecule has 0 aliphatic heterocycles. The average molecular weight is 267 g/mol. The summed E-state index contributed by atoms with van der Waals surface area (Å²) >= 11 is 0. The highest BCUT2D eigenvalue weighted by Gasteiger charge is 2.32. The van der Waals surface area contributed by atoms with E-state index >= 15 is 0 Å². The summed E-state index contributed by atoms with van der Waals surface area (Å²) in [6.45, 7) is 3.58. The maximum Gasteiger partial charge on any atom is 0.317 e. The minimum Gasteiger partial charge on any atom is -0.335 e. The second-order valence-electron chi connectivity index (χ2n) is 6.06. The lowest BCUT2D eigenvalue weighted by molar-refractivity contribution is 0.124. The van der Waals surface area contributed by atoms with E-state index in [1.807, 2.05) is 4.90 Å². The van der Waals surface area contributed by atoms with Crippen LogP contribution in [-0.2, 0) is 0 Å². The normalized spacial score (nSPS) is 28.3. The summed E-state index contributed by atoms with van der Waals surface area (Å²) in [6.07, 6.45) is 9.59. The molecular weight excluding hydrogens is 238 g/mol. The minimum absolute atomic E-state index is 0.139. The van der Waals surface area contributed by atoms with E-state index in [1.165, 1.54) is 32.1 Å². The molecule has 0 aromatic heterocycles. The van der Waals surface area contributed by atoms with E-state index in [-0.39, 0.29) is 6.03 Å². The molecule has 2 rings (SSSR count). The fourth-order valence-corrected chi connectivity index (χ4v) is 3.73. The lowest BCUT2D eigenvalue weighted by Crippen LogP contribution is -2.53. The van der Waals surface area contributed by atoms with Crippen molar-refractivity contribution in [3.63, 3.8) is 0 Å². The molecule has 2 aliphatic rings. The first-order chi connectivity index (χ1) is 9.26. The largest absolute Gasteiger partial charge is 0.335 e. The lowest BCUT2D eigenvalue weighted by atomic mass is 9.83. The standard InChI is InChI=1S/C15H29N3O/c1-2-18(14-10-6-3-7-12(14)11-16)15(19)17-13-8-4-5-9-13/h12-14H,2-11,16H2,1H3,(H,17,19). The van der Waals surface area contributed by atoms with E-state index in [4.69, 9.17) is 5.73 Å². The van der Waals surface area contributed by atoms with Crippen molar-refractivity contribution in [2.75, 3.05) is 13.1 Å². The fraction of sp³-hybridized carbons (Fsp3) is 0.933. The summed E-state index contributed by atoms with van der Waals surface area (Å²) < 4.78 is 0. The van der Waals surface area contributed by atoms with Crippen molar-refractivity contribution in [2.45, 2.75) is 70.4 Å². The summed E-state index contributed by atoms with van der Waals surface area (Å²) in [5.41, 5.74) is 5.89. The second kappa shape index (κ2) is 7.13. The molecule has 19 heavy (non-hydrogen) atoms. The molecular formula is C15H29N3O. The van der Waals surface area contributed by atoms with Crippen LogP contribution < -0.4 is 11.1 Å². The van der Waals surface area contributed by atoms with Gasteiger partial charge in [-0.15, -0.1) is 0 Å². The SMILES string of the molecule is CCN(C(=O)NC1CCCC1)C1CCCCC1CN. The number of hydrogen-bond donors (Lipinski definition) is 2. The maximum atomic E-state index is 12.5. The van der Waals surface area contributed by atoms with Crippen molar-refractivity contribution in [3.8, 4) is 0 Å². The zero-order valence-corrected chi connectivity index (χ0v) is 12.2. The number of nitrogens with zero attached hydrogens (tertiary/aromatic N) is 1. The Balaban J connectivity index is 1.94. The van der Waals surface area contributed by atoms with Gasteiger partial charge in [-0.25, -0.2) is 4.79 Å². The monoisotopic (exact) mass is 267 g/mol. The molecule has 0 aromatic carbocycles. The molecule has 4 nitrogen and oxygen atoms in total. The lowest BCUT2D eigenvalue weighted by Gasteiger charge is -2.39. The number of rotatable bonds is 4. The van der Waals surface area contributed by atoms with Gasteiger partial charge in [-0.1, -0.05) is 25.7 Å². The van der Waals surface area contributed by atoms with Crippen LogP contribution in [0.3, 0.4) is 0 Å². The van der Waals surface area contributed by atoms with Crippen molar-refractivity contribution >= 4 is 6.03 Å². The van der Waals surface area contributed by atoms with E-state index in [1.54, 1.807) is 0 Å². The Morgan fingerprint density at radius 3 is 2.42 bits per heavy atom. The average Bonchev–Trinajstić information content (AvgIpc) is 2.93. The van der Waals surface area contributed by atoms with Crippen molar-refractivity contribution in [1.29, 1.82) is 0 Å². The van der Waals surface area contributed by atoms with Gasteiger partial charge in [0.05, 0.1) is 0 Å². The molecule has 0 heterocycles. The fourth-order valence-electron chi connectivity index (χ4n) is 3.73. The zero-order valence-electron chi connectivity index (χ0n) is 12.2. The third-order valence-electron chi connectivity index (χ3n) is 4.86. The molecule has 3 N–H and O–H groups in total. The van der Waals surface area contributed by atoms with Crippen LogP contribution in [0.5, 0.6) is 0 Å². The van der Waals surface area contributed by atoms with Gasteiger partial charge in [0.15, 0.2) is 0 Å². The number of nitrogens with one attached hydrogen (secondary N) is 1. The van der Waals surface area contributed by atoms with Crippen molar-refractivity contribution in [3.05, 3.63) is 0 Å². The van der Waals surface area contributed by atoms with Gasteiger partial charge < -0.3 is 16.0 Å². The van der Waals surface area contributed by atoms with Gasteiger partial charge in [0.2, 0.25) is 0 Å². The summed E-state index contributed by atoms with van der Waals surface area (Å²) in [5.74, 6) is 0.489. The van der Waals surface area contributed by atoms with Gasteiger partial charge in [-0.2, -0.15) is 0 Å². The van der Waals surface area contributed by atoms with Crippen molar-refractivity contribution < 1.29 is 4.79 Å². The van der Waals surface area contributed by atoms with Gasteiger partial charge >= 0.3 is 6.03 Å². The topological polar surface area (TPSA) is 58.4 Å². The summed E-state index contributed by atoms with van der Waals surface area (Å²) in [6, 6.07) is 0.895. The van der Waals surface area contributed by atoms with Gasteiger partial charge in [-0.3, -0.25) is 0 Å². The molecule has 2 aliphatic carbocycles.